The Kier molecular flexibility index (Phi) is 3.49. The maximum Gasteiger partial charge on any atom is 0.232 e. The van der Waals surface area contributed by atoms with Crippen LogP contribution in [0.5, 0.6) is 0 Å². The molecule has 0 spiro atoms. The molecule has 0 radical (unpaired) electrons. The molecular formula is C12H15N3O2. The molecule has 17 heavy (non-hydrogen) atoms. The van der Waals surface area contributed by atoms with Gasteiger partial charge in [0.25, 0.3) is 0 Å². The molecule has 90 valence electrons. The average molecular weight is 233 g/mol. The van der Waals surface area contributed by atoms with Crippen molar-refractivity contribution in [1.82, 2.24) is 15.1 Å². The van der Waals surface area contributed by atoms with Gasteiger partial charge in [-0.2, -0.15) is 4.98 Å². The number of aliphatic hydroxyl groups excluding tert-OH is 1. The zero-order valence-electron chi connectivity index (χ0n) is 9.87. The van der Waals surface area contributed by atoms with Gasteiger partial charge in [-0.05, 0) is 24.6 Å². The minimum absolute atomic E-state index is 0.145. The van der Waals surface area contributed by atoms with E-state index in [9.17, 15) is 5.11 Å². The normalized spacial score (nSPS) is 14.5. The van der Waals surface area contributed by atoms with E-state index in [2.05, 4.69) is 15.1 Å². The van der Waals surface area contributed by atoms with Crippen LogP contribution in [-0.4, -0.2) is 26.3 Å². The molecule has 5 heteroatoms. The van der Waals surface area contributed by atoms with Gasteiger partial charge in [0.2, 0.25) is 5.89 Å². The quantitative estimate of drug-likeness (QED) is 0.867. The van der Waals surface area contributed by atoms with Crippen molar-refractivity contribution < 1.29 is 9.63 Å². The van der Waals surface area contributed by atoms with Crippen LogP contribution < -0.4 is 0 Å². The van der Waals surface area contributed by atoms with Crippen molar-refractivity contribution in [1.29, 1.82) is 0 Å². The first-order valence-corrected chi connectivity index (χ1v) is 5.56. The molecule has 2 unspecified atom stereocenters. The Balaban J connectivity index is 2.09. The summed E-state index contributed by atoms with van der Waals surface area (Å²) < 4.78 is 5.12. The smallest absolute Gasteiger partial charge is 0.232 e. The van der Waals surface area contributed by atoms with Crippen LogP contribution in [0.15, 0.2) is 29.0 Å². The fourth-order valence-corrected chi connectivity index (χ4v) is 1.41. The lowest BCUT2D eigenvalue weighted by molar-refractivity contribution is 0.151. The molecule has 0 aliphatic carbocycles. The summed E-state index contributed by atoms with van der Waals surface area (Å²) >= 11 is 0. The van der Waals surface area contributed by atoms with E-state index in [0.717, 1.165) is 5.56 Å². The second-order valence-corrected chi connectivity index (χ2v) is 4.11. The van der Waals surface area contributed by atoms with Gasteiger partial charge in [-0.15, -0.1) is 0 Å². The van der Waals surface area contributed by atoms with E-state index >= 15 is 0 Å². The van der Waals surface area contributed by atoms with Crippen LogP contribution in [0.4, 0.5) is 0 Å². The minimum atomic E-state index is -0.496. The molecule has 0 aliphatic heterocycles. The lowest BCUT2D eigenvalue weighted by Crippen LogP contribution is -2.11. The molecule has 0 saturated heterocycles. The summed E-state index contributed by atoms with van der Waals surface area (Å²) in [5, 5.41) is 13.3. The van der Waals surface area contributed by atoms with Crippen LogP contribution in [0.3, 0.4) is 0 Å². The predicted octanol–water partition coefficient (Wildman–Crippen LogP) is 1.54. The number of hydrogen-bond acceptors (Lipinski definition) is 5. The van der Waals surface area contributed by atoms with Crippen molar-refractivity contribution >= 4 is 0 Å². The van der Waals surface area contributed by atoms with Gasteiger partial charge in [0, 0.05) is 18.8 Å². The Labute approximate surface area is 99.5 Å². The van der Waals surface area contributed by atoms with Gasteiger partial charge < -0.3 is 9.63 Å². The molecule has 2 aromatic heterocycles. The van der Waals surface area contributed by atoms with Crippen molar-refractivity contribution in [2.75, 3.05) is 0 Å². The molecule has 0 aromatic carbocycles. The fourth-order valence-electron chi connectivity index (χ4n) is 1.41. The zero-order valence-corrected chi connectivity index (χ0v) is 9.87. The Morgan fingerprint density at radius 3 is 2.65 bits per heavy atom. The van der Waals surface area contributed by atoms with Crippen molar-refractivity contribution in [3.8, 4) is 0 Å². The van der Waals surface area contributed by atoms with Crippen LogP contribution in [0.25, 0.3) is 0 Å². The highest BCUT2D eigenvalue weighted by atomic mass is 16.5. The number of rotatable bonds is 4. The van der Waals surface area contributed by atoms with Gasteiger partial charge in [-0.3, -0.25) is 4.98 Å². The molecule has 2 heterocycles. The maximum atomic E-state index is 9.44. The van der Waals surface area contributed by atoms with E-state index in [0.29, 0.717) is 18.1 Å². The Hall–Kier alpha value is -1.75. The topological polar surface area (TPSA) is 72.0 Å². The van der Waals surface area contributed by atoms with Crippen molar-refractivity contribution in [2.24, 2.45) is 0 Å². The first kappa shape index (κ1) is 11.7. The van der Waals surface area contributed by atoms with Crippen molar-refractivity contribution in [3.05, 3.63) is 41.8 Å². The first-order chi connectivity index (χ1) is 8.16. The lowest BCUT2D eigenvalue weighted by atomic mass is 10.1. The van der Waals surface area contributed by atoms with Crippen LogP contribution in [0.1, 0.15) is 37.0 Å². The van der Waals surface area contributed by atoms with Crippen molar-refractivity contribution in [3.63, 3.8) is 0 Å². The largest absolute Gasteiger partial charge is 0.393 e. The van der Waals surface area contributed by atoms with E-state index in [1.165, 1.54) is 0 Å². The number of aromatic nitrogens is 3. The minimum Gasteiger partial charge on any atom is -0.393 e. The molecule has 0 saturated carbocycles. The monoisotopic (exact) mass is 233 g/mol. The molecule has 1 N–H and O–H groups in total. The third-order valence-corrected chi connectivity index (χ3v) is 2.71. The zero-order chi connectivity index (χ0) is 12.3. The Morgan fingerprint density at radius 1 is 1.29 bits per heavy atom. The second kappa shape index (κ2) is 5.05. The molecule has 2 rings (SSSR count). The SMILES string of the molecule is CC(O)C(C)c1nc(Cc2ccncc2)no1. The average Bonchev–Trinajstić information content (AvgIpc) is 2.77. The summed E-state index contributed by atoms with van der Waals surface area (Å²) in [7, 11) is 0. The molecule has 2 atom stereocenters. The maximum absolute atomic E-state index is 9.44. The van der Waals surface area contributed by atoms with Crippen LogP contribution in [-0.2, 0) is 6.42 Å². The molecular weight excluding hydrogens is 218 g/mol. The fraction of sp³-hybridized carbons (Fsp3) is 0.417. The molecule has 2 aromatic rings. The molecule has 5 nitrogen and oxygen atoms in total. The van der Waals surface area contributed by atoms with Crippen LogP contribution in [0, 0.1) is 0 Å². The third-order valence-electron chi connectivity index (χ3n) is 2.71. The Morgan fingerprint density at radius 2 is 2.00 bits per heavy atom. The number of nitrogens with zero attached hydrogens (tertiary/aromatic N) is 3. The van der Waals surface area contributed by atoms with E-state index < -0.39 is 6.10 Å². The highest BCUT2D eigenvalue weighted by molar-refractivity contribution is 5.14. The summed E-state index contributed by atoms with van der Waals surface area (Å²) in [5.74, 6) is 0.955. The van der Waals surface area contributed by atoms with E-state index in [1.807, 2.05) is 19.1 Å². The van der Waals surface area contributed by atoms with Gasteiger partial charge in [-0.25, -0.2) is 0 Å². The predicted molar refractivity (Wildman–Crippen MR) is 61.4 cm³/mol. The molecule has 0 amide bonds. The van der Waals surface area contributed by atoms with E-state index in [4.69, 9.17) is 4.52 Å². The van der Waals surface area contributed by atoms with Crippen molar-refractivity contribution in [2.45, 2.75) is 32.3 Å². The highest BCUT2D eigenvalue weighted by Crippen LogP contribution is 2.17. The van der Waals surface area contributed by atoms with Gasteiger partial charge in [-0.1, -0.05) is 12.1 Å². The Bertz CT molecular complexity index is 468. The first-order valence-electron chi connectivity index (χ1n) is 5.56. The van der Waals surface area contributed by atoms with E-state index in [-0.39, 0.29) is 5.92 Å². The summed E-state index contributed by atoms with van der Waals surface area (Å²) in [5.41, 5.74) is 1.08. The number of hydrogen-bond donors (Lipinski definition) is 1. The summed E-state index contributed by atoms with van der Waals surface area (Å²) in [6.07, 6.45) is 3.58. The third kappa shape index (κ3) is 2.88. The van der Waals surface area contributed by atoms with Gasteiger partial charge in [0.15, 0.2) is 5.82 Å². The summed E-state index contributed by atoms with van der Waals surface area (Å²) in [4.78, 5) is 8.21. The molecule has 0 aliphatic rings. The second-order valence-electron chi connectivity index (χ2n) is 4.11. The van der Waals surface area contributed by atoms with Gasteiger partial charge in [0.1, 0.15) is 0 Å². The number of pyridine rings is 1. The summed E-state index contributed by atoms with van der Waals surface area (Å²) in [6.45, 7) is 3.56. The lowest BCUT2D eigenvalue weighted by Gasteiger charge is -2.07. The molecule has 0 bridgehead atoms. The standard InChI is InChI=1S/C12H15N3O2/c1-8(9(2)16)12-14-11(15-17-12)7-10-3-5-13-6-4-10/h3-6,8-9,16H,7H2,1-2H3. The van der Waals surface area contributed by atoms with Crippen LogP contribution >= 0.6 is 0 Å². The number of aliphatic hydroxyl groups is 1. The van der Waals surface area contributed by atoms with Gasteiger partial charge in [0.05, 0.1) is 12.0 Å². The van der Waals surface area contributed by atoms with Crippen LogP contribution in [0.2, 0.25) is 0 Å². The van der Waals surface area contributed by atoms with Gasteiger partial charge >= 0.3 is 0 Å². The molecule has 0 fully saturated rings. The highest BCUT2D eigenvalue weighted by Gasteiger charge is 2.18. The van der Waals surface area contributed by atoms with E-state index in [1.54, 1.807) is 19.3 Å². The summed E-state index contributed by atoms with van der Waals surface area (Å²) in [6, 6.07) is 3.82.